The molecule has 3 heteroatoms. The van der Waals surface area contributed by atoms with Gasteiger partial charge in [0.2, 0.25) is 6.29 Å². The lowest BCUT2D eigenvalue weighted by molar-refractivity contribution is 0.498. The predicted molar refractivity (Wildman–Crippen MR) is 53.4 cm³/mol. The summed E-state index contributed by atoms with van der Waals surface area (Å²) in [6.07, 6.45) is 2.28. The fourth-order valence-corrected chi connectivity index (χ4v) is 1.19. The van der Waals surface area contributed by atoms with Gasteiger partial charge in [0.15, 0.2) is 0 Å². The third kappa shape index (κ3) is 3.17. The van der Waals surface area contributed by atoms with E-state index in [1.807, 2.05) is 12.1 Å². The molecule has 1 rings (SSSR count). The van der Waals surface area contributed by atoms with Gasteiger partial charge in [-0.1, -0.05) is 23.7 Å². The summed E-state index contributed by atoms with van der Waals surface area (Å²) in [6.45, 7) is 1.65. The average Bonchev–Trinajstić information content (AvgIpc) is 2.09. The molecular formula is C10H11ClNO. The lowest BCUT2D eigenvalue weighted by Crippen LogP contribution is -2.40. The molecule has 0 aliphatic carbocycles. The van der Waals surface area contributed by atoms with Gasteiger partial charge in [-0.25, -0.2) is 0 Å². The normalized spacial score (nSPS) is 15.0. The molecule has 0 aliphatic heterocycles. The molecule has 0 unspecified atom stereocenters. The molecule has 69 valence electrons. The summed E-state index contributed by atoms with van der Waals surface area (Å²) in [5.41, 5.74) is 5.70. The Hall–Kier alpha value is -0.860. The van der Waals surface area contributed by atoms with E-state index in [-0.39, 0.29) is 0 Å². The van der Waals surface area contributed by atoms with Crippen molar-refractivity contribution in [1.29, 1.82) is 0 Å². The molecule has 1 aromatic carbocycles. The van der Waals surface area contributed by atoms with E-state index >= 15 is 0 Å². The third-order valence-corrected chi connectivity index (χ3v) is 1.97. The summed E-state index contributed by atoms with van der Waals surface area (Å²) < 4.78 is 0. The van der Waals surface area contributed by atoms with Gasteiger partial charge in [-0.05, 0) is 31.0 Å². The fourth-order valence-electron chi connectivity index (χ4n) is 1.06. The van der Waals surface area contributed by atoms with E-state index in [0.29, 0.717) is 11.4 Å². The molecule has 0 bridgehead atoms. The standard InChI is InChI=1S/C10H11ClNO/c1-10(12,7-13)6-8-2-4-9(11)5-3-8/h2-5H,6,12H2,1H3/t10-/m1/s1. The first-order valence-electron chi connectivity index (χ1n) is 3.96. The second-order valence-corrected chi connectivity index (χ2v) is 3.76. The average molecular weight is 197 g/mol. The summed E-state index contributed by atoms with van der Waals surface area (Å²) in [5.74, 6) is 0. The van der Waals surface area contributed by atoms with Gasteiger partial charge in [0, 0.05) is 5.02 Å². The molecule has 0 fully saturated rings. The van der Waals surface area contributed by atoms with Crippen molar-refractivity contribution in [2.45, 2.75) is 18.9 Å². The minimum atomic E-state index is -0.909. The number of carbonyl (C=O) groups excluding carboxylic acids is 1. The van der Waals surface area contributed by atoms with Gasteiger partial charge in [0.25, 0.3) is 0 Å². The Labute approximate surface area is 82.7 Å². The Balaban J connectivity index is 2.75. The van der Waals surface area contributed by atoms with Crippen LogP contribution in [-0.2, 0) is 11.2 Å². The topological polar surface area (TPSA) is 43.1 Å². The van der Waals surface area contributed by atoms with Crippen LogP contribution in [0, 0.1) is 0 Å². The molecule has 1 atom stereocenters. The zero-order valence-corrected chi connectivity index (χ0v) is 8.14. The van der Waals surface area contributed by atoms with Gasteiger partial charge in [0.05, 0.1) is 5.54 Å². The quantitative estimate of drug-likeness (QED) is 0.800. The van der Waals surface area contributed by atoms with Crippen LogP contribution in [0.5, 0.6) is 0 Å². The van der Waals surface area contributed by atoms with Gasteiger partial charge in [-0.3, -0.25) is 4.79 Å². The van der Waals surface area contributed by atoms with Crippen LogP contribution in [-0.4, -0.2) is 11.8 Å². The number of hydrogen-bond donors (Lipinski definition) is 1. The Kier molecular flexibility index (Phi) is 3.07. The van der Waals surface area contributed by atoms with Crippen molar-refractivity contribution in [3.8, 4) is 0 Å². The van der Waals surface area contributed by atoms with E-state index in [1.54, 1.807) is 25.3 Å². The van der Waals surface area contributed by atoms with Crippen molar-refractivity contribution in [1.82, 2.24) is 0 Å². The van der Waals surface area contributed by atoms with Crippen LogP contribution in [0.4, 0.5) is 0 Å². The SMILES string of the molecule is C[C@](N)([C]=O)Cc1ccc(Cl)cc1. The second-order valence-electron chi connectivity index (χ2n) is 3.32. The van der Waals surface area contributed by atoms with Crippen molar-refractivity contribution in [3.63, 3.8) is 0 Å². The molecule has 0 aliphatic rings. The molecule has 0 aromatic heterocycles. The van der Waals surface area contributed by atoms with Crippen LogP contribution in [0.1, 0.15) is 12.5 Å². The van der Waals surface area contributed by atoms with E-state index in [2.05, 4.69) is 0 Å². The summed E-state index contributed by atoms with van der Waals surface area (Å²) in [6, 6.07) is 7.26. The zero-order chi connectivity index (χ0) is 9.90. The summed E-state index contributed by atoms with van der Waals surface area (Å²) in [5, 5.41) is 0.678. The highest BCUT2D eigenvalue weighted by molar-refractivity contribution is 6.30. The highest BCUT2D eigenvalue weighted by Crippen LogP contribution is 2.13. The van der Waals surface area contributed by atoms with Crippen LogP contribution in [0.25, 0.3) is 0 Å². The van der Waals surface area contributed by atoms with Gasteiger partial charge >= 0.3 is 0 Å². The molecule has 0 saturated carbocycles. The summed E-state index contributed by atoms with van der Waals surface area (Å²) >= 11 is 5.71. The van der Waals surface area contributed by atoms with Gasteiger partial charge in [0.1, 0.15) is 0 Å². The minimum Gasteiger partial charge on any atom is -0.319 e. The Bertz CT molecular complexity index is 292. The highest BCUT2D eigenvalue weighted by Gasteiger charge is 2.18. The maximum absolute atomic E-state index is 10.4. The van der Waals surface area contributed by atoms with Crippen LogP contribution in [0.15, 0.2) is 24.3 Å². The first-order valence-corrected chi connectivity index (χ1v) is 4.34. The molecule has 1 aromatic rings. The molecule has 13 heavy (non-hydrogen) atoms. The number of hydrogen-bond acceptors (Lipinski definition) is 2. The smallest absolute Gasteiger partial charge is 0.220 e. The first kappa shape index (κ1) is 10.2. The van der Waals surface area contributed by atoms with E-state index in [0.717, 1.165) is 5.56 Å². The van der Waals surface area contributed by atoms with Gasteiger partial charge in [-0.15, -0.1) is 0 Å². The third-order valence-electron chi connectivity index (χ3n) is 1.72. The Morgan fingerprint density at radius 3 is 2.46 bits per heavy atom. The Morgan fingerprint density at radius 2 is 2.00 bits per heavy atom. The molecule has 2 nitrogen and oxygen atoms in total. The number of nitrogens with two attached hydrogens (primary N) is 1. The first-order chi connectivity index (χ1) is 6.03. The van der Waals surface area contributed by atoms with Crippen molar-refractivity contribution >= 4 is 17.9 Å². The predicted octanol–water partition coefficient (Wildman–Crippen LogP) is 1.71. The summed E-state index contributed by atoms with van der Waals surface area (Å²) in [7, 11) is 0. The van der Waals surface area contributed by atoms with Crippen LogP contribution in [0.2, 0.25) is 5.02 Å². The number of halogens is 1. The largest absolute Gasteiger partial charge is 0.319 e. The lowest BCUT2D eigenvalue weighted by atomic mass is 9.96. The molecule has 0 spiro atoms. The van der Waals surface area contributed by atoms with Crippen molar-refractivity contribution in [2.24, 2.45) is 5.73 Å². The number of benzene rings is 1. The fraction of sp³-hybridized carbons (Fsp3) is 0.300. The number of rotatable bonds is 3. The van der Waals surface area contributed by atoms with Gasteiger partial charge in [-0.2, -0.15) is 0 Å². The van der Waals surface area contributed by atoms with Crippen LogP contribution >= 0.6 is 11.6 Å². The second kappa shape index (κ2) is 3.90. The van der Waals surface area contributed by atoms with Gasteiger partial charge < -0.3 is 5.73 Å². The van der Waals surface area contributed by atoms with Crippen molar-refractivity contribution in [3.05, 3.63) is 34.9 Å². The van der Waals surface area contributed by atoms with Crippen molar-refractivity contribution in [2.75, 3.05) is 0 Å². The Morgan fingerprint density at radius 1 is 1.46 bits per heavy atom. The van der Waals surface area contributed by atoms with E-state index in [1.165, 1.54) is 0 Å². The highest BCUT2D eigenvalue weighted by atomic mass is 35.5. The maximum atomic E-state index is 10.4. The molecule has 1 radical (unpaired) electrons. The van der Waals surface area contributed by atoms with E-state index < -0.39 is 5.54 Å². The maximum Gasteiger partial charge on any atom is 0.220 e. The monoisotopic (exact) mass is 196 g/mol. The zero-order valence-electron chi connectivity index (χ0n) is 7.38. The lowest BCUT2D eigenvalue weighted by Gasteiger charge is -2.15. The molecule has 2 N–H and O–H groups in total. The molecule has 0 amide bonds. The van der Waals surface area contributed by atoms with Crippen molar-refractivity contribution < 1.29 is 4.79 Å². The molecule has 0 heterocycles. The molecular weight excluding hydrogens is 186 g/mol. The van der Waals surface area contributed by atoms with Crippen LogP contribution < -0.4 is 5.73 Å². The van der Waals surface area contributed by atoms with E-state index in [4.69, 9.17) is 17.3 Å². The molecule has 0 saturated heterocycles. The van der Waals surface area contributed by atoms with E-state index in [9.17, 15) is 4.79 Å². The van der Waals surface area contributed by atoms with Crippen LogP contribution in [0.3, 0.4) is 0 Å². The summed E-state index contributed by atoms with van der Waals surface area (Å²) in [4.78, 5) is 10.4. The minimum absolute atomic E-state index is 0.480.